The van der Waals surface area contributed by atoms with Gasteiger partial charge in [-0.25, -0.2) is 8.42 Å². The van der Waals surface area contributed by atoms with Crippen LogP contribution < -0.4 is 20.1 Å². The Morgan fingerprint density at radius 1 is 0.926 bits per heavy atom. The van der Waals surface area contributed by atoms with Gasteiger partial charge in [0.05, 0.1) is 20.5 Å². The van der Waals surface area contributed by atoms with E-state index in [0.717, 1.165) is 11.9 Å². The van der Waals surface area contributed by atoms with Gasteiger partial charge in [0.2, 0.25) is 5.96 Å². The summed E-state index contributed by atoms with van der Waals surface area (Å²) in [5, 5.41) is 5.98. The zero-order valence-corrected chi connectivity index (χ0v) is 16.9. The van der Waals surface area contributed by atoms with Gasteiger partial charge < -0.3 is 20.1 Å². The maximum atomic E-state index is 11.7. The van der Waals surface area contributed by atoms with E-state index in [1.807, 2.05) is 24.3 Å². The highest BCUT2D eigenvalue weighted by Crippen LogP contribution is 2.29. The fourth-order valence-electron chi connectivity index (χ4n) is 2.38. The molecule has 2 aromatic rings. The van der Waals surface area contributed by atoms with Crippen LogP contribution in [0.15, 0.2) is 46.9 Å². The Balaban J connectivity index is 2.29. The number of benzene rings is 2. The van der Waals surface area contributed by atoms with E-state index in [4.69, 9.17) is 9.47 Å². The number of ether oxygens (including phenoxy) is 2. The van der Waals surface area contributed by atoms with Crippen LogP contribution in [0.4, 0.5) is 11.4 Å². The second kappa shape index (κ2) is 8.77. The second-order valence-electron chi connectivity index (χ2n) is 6.27. The van der Waals surface area contributed by atoms with Crippen molar-refractivity contribution in [1.29, 1.82) is 0 Å². The number of anilines is 2. The van der Waals surface area contributed by atoms with E-state index in [1.54, 1.807) is 25.3 Å². The van der Waals surface area contributed by atoms with Crippen molar-refractivity contribution in [3.05, 3.63) is 48.0 Å². The van der Waals surface area contributed by atoms with Gasteiger partial charge in [0.1, 0.15) is 0 Å². The molecule has 0 unspecified atom stereocenters. The van der Waals surface area contributed by atoms with Gasteiger partial charge in [-0.2, -0.15) is 0 Å². The summed E-state index contributed by atoms with van der Waals surface area (Å²) in [6.45, 7) is 4.22. The number of nitrogens with zero attached hydrogens (tertiary/aromatic N) is 1. The number of sulfonamides is 1. The lowest BCUT2D eigenvalue weighted by atomic mass is 10.0. The lowest BCUT2D eigenvalue weighted by molar-refractivity contribution is 0.355. The van der Waals surface area contributed by atoms with E-state index < -0.39 is 10.0 Å². The summed E-state index contributed by atoms with van der Waals surface area (Å²) in [4.78, 5) is 0. The molecule has 146 valence electrons. The molecule has 2 aromatic carbocycles. The quantitative estimate of drug-likeness (QED) is 0.577. The zero-order valence-electron chi connectivity index (χ0n) is 16.1. The van der Waals surface area contributed by atoms with Gasteiger partial charge in [-0.1, -0.05) is 26.0 Å². The van der Waals surface area contributed by atoms with E-state index in [1.165, 1.54) is 12.7 Å². The molecule has 0 atom stereocenters. The second-order valence-corrected chi connectivity index (χ2v) is 7.92. The molecule has 0 aliphatic heterocycles. The highest BCUT2D eigenvalue weighted by Gasteiger charge is 2.10. The Morgan fingerprint density at radius 3 is 2.00 bits per heavy atom. The molecule has 2 rings (SSSR count). The Bertz CT molecular complexity index is 907. The third-order valence-corrected chi connectivity index (χ3v) is 4.26. The van der Waals surface area contributed by atoms with Crippen molar-refractivity contribution >= 4 is 27.4 Å². The summed E-state index contributed by atoms with van der Waals surface area (Å²) >= 11 is 0. The van der Waals surface area contributed by atoms with Crippen LogP contribution in [0, 0.1) is 0 Å². The van der Waals surface area contributed by atoms with Crippen LogP contribution in [0.1, 0.15) is 25.3 Å². The summed E-state index contributed by atoms with van der Waals surface area (Å²) in [6, 6.07) is 12.9. The standard InChI is InChI=1S/C19H25N3O4S/c1-13(2)14-6-8-15(9-7-14)20-19(22-27(5,23)24)21-16-10-11-17(25-3)18(12-16)26-4/h6-13H,1-5H3,(H2,20,21,22). The first kappa shape index (κ1) is 20.6. The molecule has 0 fully saturated rings. The molecule has 0 saturated heterocycles. The third kappa shape index (κ3) is 6.18. The minimum atomic E-state index is -3.61. The number of nitrogens with one attached hydrogen (secondary N) is 2. The van der Waals surface area contributed by atoms with Crippen molar-refractivity contribution in [3.8, 4) is 11.5 Å². The van der Waals surface area contributed by atoms with Gasteiger partial charge in [0.25, 0.3) is 10.0 Å². The van der Waals surface area contributed by atoms with E-state index in [2.05, 4.69) is 28.9 Å². The lowest BCUT2D eigenvalue weighted by Crippen LogP contribution is -2.23. The molecule has 27 heavy (non-hydrogen) atoms. The SMILES string of the molecule is COc1ccc(N/C(=N/S(C)(=O)=O)Nc2ccc(C(C)C)cc2)cc1OC. The van der Waals surface area contributed by atoms with E-state index in [9.17, 15) is 8.42 Å². The number of hydrogen-bond acceptors (Lipinski definition) is 4. The molecule has 0 amide bonds. The Labute approximate surface area is 160 Å². The molecule has 0 bridgehead atoms. The van der Waals surface area contributed by atoms with Gasteiger partial charge in [0, 0.05) is 17.4 Å². The summed E-state index contributed by atoms with van der Waals surface area (Å²) in [5.41, 5.74) is 2.51. The summed E-state index contributed by atoms with van der Waals surface area (Å²) < 4.78 is 37.6. The predicted octanol–water partition coefficient (Wildman–Crippen LogP) is 3.67. The van der Waals surface area contributed by atoms with Gasteiger partial charge in [-0.05, 0) is 35.7 Å². The van der Waals surface area contributed by atoms with E-state index in [0.29, 0.717) is 23.1 Å². The van der Waals surface area contributed by atoms with Crippen LogP contribution in [0.25, 0.3) is 0 Å². The topological polar surface area (TPSA) is 89.0 Å². The van der Waals surface area contributed by atoms with Gasteiger partial charge >= 0.3 is 0 Å². The molecule has 8 heteroatoms. The Hall–Kier alpha value is -2.74. The smallest absolute Gasteiger partial charge is 0.253 e. The number of rotatable bonds is 6. The molecule has 7 nitrogen and oxygen atoms in total. The van der Waals surface area contributed by atoms with Crippen molar-refractivity contribution in [3.63, 3.8) is 0 Å². The maximum absolute atomic E-state index is 11.7. The zero-order chi connectivity index (χ0) is 20.0. The molecule has 0 spiro atoms. The average Bonchev–Trinajstić information content (AvgIpc) is 2.60. The van der Waals surface area contributed by atoms with Crippen LogP contribution in [-0.4, -0.2) is 34.9 Å². The summed E-state index contributed by atoms with van der Waals surface area (Å²) in [6.07, 6.45) is 1.03. The third-order valence-electron chi connectivity index (χ3n) is 3.74. The molecular weight excluding hydrogens is 366 g/mol. The van der Waals surface area contributed by atoms with Crippen LogP contribution in [-0.2, 0) is 10.0 Å². The molecule has 0 radical (unpaired) electrons. The highest BCUT2D eigenvalue weighted by atomic mass is 32.2. The largest absolute Gasteiger partial charge is 0.493 e. The van der Waals surface area contributed by atoms with Crippen molar-refractivity contribution in [1.82, 2.24) is 0 Å². The highest BCUT2D eigenvalue weighted by molar-refractivity contribution is 7.89. The molecule has 0 saturated carbocycles. The van der Waals surface area contributed by atoms with Crippen molar-refractivity contribution in [2.24, 2.45) is 4.40 Å². The maximum Gasteiger partial charge on any atom is 0.253 e. The first-order valence-corrected chi connectivity index (χ1v) is 10.2. The first-order chi connectivity index (χ1) is 12.7. The number of methoxy groups -OCH3 is 2. The van der Waals surface area contributed by atoms with Crippen LogP contribution in [0.2, 0.25) is 0 Å². The van der Waals surface area contributed by atoms with Crippen molar-refractivity contribution < 1.29 is 17.9 Å². The lowest BCUT2D eigenvalue weighted by Gasteiger charge is -2.15. The molecule has 0 aliphatic rings. The van der Waals surface area contributed by atoms with Gasteiger partial charge in [-0.15, -0.1) is 4.40 Å². The fourth-order valence-corrected chi connectivity index (χ4v) is 2.80. The van der Waals surface area contributed by atoms with Crippen LogP contribution in [0.3, 0.4) is 0 Å². The normalized spacial score (nSPS) is 12.0. The molecular formula is C19H25N3O4S. The molecule has 0 heterocycles. The first-order valence-electron chi connectivity index (χ1n) is 8.38. The average molecular weight is 391 g/mol. The van der Waals surface area contributed by atoms with E-state index in [-0.39, 0.29) is 5.96 Å². The minimum Gasteiger partial charge on any atom is -0.493 e. The van der Waals surface area contributed by atoms with Crippen molar-refractivity contribution in [2.75, 3.05) is 31.1 Å². The molecule has 0 aromatic heterocycles. The minimum absolute atomic E-state index is 0.0852. The number of guanidine groups is 1. The van der Waals surface area contributed by atoms with E-state index >= 15 is 0 Å². The number of hydrogen-bond donors (Lipinski definition) is 2. The van der Waals surface area contributed by atoms with Gasteiger partial charge in [0.15, 0.2) is 11.5 Å². The monoisotopic (exact) mass is 391 g/mol. The molecule has 0 aliphatic carbocycles. The summed E-state index contributed by atoms with van der Waals surface area (Å²) in [5.74, 6) is 1.58. The fraction of sp³-hybridized carbons (Fsp3) is 0.316. The van der Waals surface area contributed by atoms with Crippen LogP contribution >= 0.6 is 0 Å². The predicted molar refractivity (Wildman–Crippen MR) is 110 cm³/mol. The summed E-state index contributed by atoms with van der Waals surface area (Å²) in [7, 11) is -0.532. The Kier molecular flexibility index (Phi) is 6.68. The van der Waals surface area contributed by atoms with Crippen molar-refractivity contribution in [2.45, 2.75) is 19.8 Å². The molecule has 2 N–H and O–H groups in total. The van der Waals surface area contributed by atoms with Crippen LogP contribution in [0.5, 0.6) is 11.5 Å². The Morgan fingerprint density at radius 2 is 1.48 bits per heavy atom. The van der Waals surface area contributed by atoms with Gasteiger partial charge in [-0.3, -0.25) is 0 Å².